The summed E-state index contributed by atoms with van der Waals surface area (Å²) >= 11 is 0. The highest BCUT2D eigenvalue weighted by Crippen LogP contribution is 2.36. The van der Waals surface area contributed by atoms with Gasteiger partial charge in [0.05, 0.1) is 28.8 Å². The highest BCUT2D eigenvalue weighted by molar-refractivity contribution is 5.99. The van der Waals surface area contributed by atoms with Crippen LogP contribution in [0.25, 0.3) is 0 Å². The van der Waals surface area contributed by atoms with Gasteiger partial charge in [-0.1, -0.05) is 30.4 Å². The van der Waals surface area contributed by atoms with Crippen LogP contribution in [0.3, 0.4) is 0 Å². The molecule has 32 heavy (non-hydrogen) atoms. The number of anilines is 3. The number of carbonyl (C=O) groups is 3. The SMILES string of the molecule is O=C([O-])c1ccccc1Nc1ccc(C(F)(F)F)cc1NC(=O)C1CC=CCC1C(=O)[O-]. The number of halogens is 3. The summed E-state index contributed by atoms with van der Waals surface area (Å²) in [7, 11) is 0. The Morgan fingerprint density at radius 1 is 0.875 bits per heavy atom. The molecular weight excluding hydrogens is 429 g/mol. The van der Waals surface area contributed by atoms with Crippen LogP contribution in [-0.2, 0) is 15.8 Å². The Balaban J connectivity index is 1.97. The van der Waals surface area contributed by atoms with E-state index >= 15 is 0 Å². The van der Waals surface area contributed by atoms with Gasteiger partial charge in [-0.2, -0.15) is 13.2 Å². The molecule has 1 amide bonds. The lowest BCUT2D eigenvalue weighted by atomic mass is 9.82. The third kappa shape index (κ3) is 5.08. The first-order chi connectivity index (χ1) is 15.1. The van der Waals surface area contributed by atoms with Crippen LogP contribution in [-0.4, -0.2) is 17.8 Å². The number of rotatable bonds is 6. The lowest BCUT2D eigenvalue weighted by Gasteiger charge is -2.28. The second kappa shape index (κ2) is 9.13. The van der Waals surface area contributed by atoms with E-state index in [0.717, 1.165) is 12.1 Å². The van der Waals surface area contributed by atoms with Gasteiger partial charge in [0.2, 0.25) is 5.91 Å². The van der Waals surface area contributed by atoms with E-state index in [1.165, 1.54) is 24.3 Å². The zero-order chi connectivity index (χ0) is 23.5. The number of para-hydroxylation sites is 1. The number of carbonyl (C=O) groups excluding carboxylic acids is 3. The number of amides is 1. The van der Waals surface area contributed by atoms with Gasteiger partial charge in [-0.3, -0.25) is 4.79 Å². The standard InChI is InChI=1S/C22H19F3N2O5/c23-22(24,25)12-9-10-17(26-16-8-4-3-7-15(16)21(31)32)18(11-12)27-19(28)13-5-1-2-6-14(13)20(29)30/h1-4,7-11,13-14,26H,5-6H2,(H,27,28)(H,29,30)(H,31,32)/p-2. The molecule has 2 unspecified atom stereocenters. The van der Waals surface area contributed by atoms with Gasteiger partial charge >= 0.3 is 6.18 Å². The summed E-state index contributed by atoms with van der Waals surface area (Å²) in [5.41, 5.74) is -1.55. The normalized spacial score (nSPS) is 18.1. The predicted molar refractivity (Wildman–Crippen MR) is 104 cm³/mol. The molecule has 2 atom stereocenters. The molecule has 7 nitrogen and oxygen atoms in total. The molecule has 0 bridgehead atoms. The highest BCUT2D eigenvalue weighted by Gasteiger charge is 2.33. The molecule has 1 aliphatic rings. The fourth-order valence-corrected chi connectivity index (χ4v) is 3.44. The molecule has 168 valence electrons. The van der Waals surface area contributed by atoms with Crippen molar-refractivity contribution in [1.29, 1.82) is 0 Å². The van der Waals surface area contributed by atoms with Gasteiger partial charge in [0.25, 0.3) is 0 Å². The van der Waals surface area contributed by atoms with Crippen LogP contribution >= 0.6 is 0 Å². The lowest BCUT2D eigenvalue weighted by Crippen LogP contribution is -2.41. The van der Waals surface area contributed by atoms with Crippen molar-refractivity contribution in [2.75, 3.05) is 10.6 Å². The largest absolute Gasteiger partial charge is 0.550 e. The fraction of sp³-hybridized carbons (Fsp3) is 0.227. The molecule has 0 aromatic heterocycles. The second-order valence-electron chi connectivity index (χ2n) is 7.18. The Kier molecular flexibility index (Phi) is 6.52. The van der Waals surface area contributed by atoms with E-state index in [1.54, 1.807) is 12.2 Å². The molecule has 0 heterocycles. The Morgan fingerprint density at radius 2 is 1.53 bits per heavy atom. The number of alkyl halides is 3. The summed E-state index contributed by atoms with van der Waals surface area (Å²) in [6.07, 6.45) is -1.35. The van der Waals surface area contributed by atoms with Crippen molar-refractivity contribution >= 4 is 34.9 Å². The van der Waals surface area contributed by atoms with Crippen LogP contribution in [0.1, 0.15) is 28.8 Å². The van der Waals surface area contributed by atoms with E-state index in [9.17, 15) is 37.8 Å². The van der Waals surface area contributed by atoms with Crippen LogP contribution in [0.4, 0.5) is 30.2 Å². The van der Waals surface area contributed by atoms with Gasteiger partial charge in [0, 0.05) is 23.1 Å². The first kappa shape index (κ1) is 22.9. The molecule has 0 spiro atoms. The molecule has 0 aliphatic heterocycles. The van der Waals surface area contributed by atoms with Crippen molar-refractivity contribution < 1.29 is 37.8 Å². The van der Waals surface area contributed by atoms with Gasteiger partial charge < -0.3 is 30.4 Å². The maximum Gasteiger partial charge on any atom is 0.416 e. The van der Waals surface area contributed by atoms with E-state index < -0.39 is 41.4 Å². The fourth-order valence-electron chi connectivity index (χ4n) is 3.44. The van der Waals surface area contributed by atoms with Crippen molar-refractivity contribution in [3.8, 4) is 0 Å². The number of hydrogen-bond donors (Lipinski definition) is 2. The Labute approximate surface area is 180 Å². The molecule has 2 N–H and O–H groups in total. The minimum atomic E-state index is -4.71. The number of hydrogen-bond acceptors (Lipinski definition) is 6. The van der Waals surface area contributed by atoms with E-state index in [0.29, 0.717) is 6.07 Å². The minimum absolute atomic E-state index is 0.0172. The third-order valence-corrected chi connectivity index (χ3v) is 5.09. The number of carboxylic acids is 2. The van der Waals surface area contributed by atoms with Gasteiger partial charge in [-0.25, -0.2) is 0 Å². The summed E-state index contributed by atoms with van der Waals surface area (Å²) in [5.74, 6) is -5.89. The first-order valence-electron chi connectivity index (χ1n) is 9.53. The van der Waals surface area contributed by atoms with Gasteiger partial charge in [-0.15, -0.1) is 0 Å². The monoisotopic (exact) mass is 446 g/mol. The van der Waals surface area contributed by atoms with Gasteiger partial charge in [-0.05, 0) is 37.1 Å². The Morgan fingerprint density at radius 3 is 2.16 bits per heavy atom. The molecule has 10 heteroatoms. The summed E-state index contributed by atoms with van der Waals surface area (Å²) in [5, 5.41) is 27.8. The first-order valence-corrected chi connectivity index (χ1v) is 9.53. The summed E-state index contributed by atoms with van der Waals surface area (Å²) in [6, 6.07) is 8.09. The highest BCUT2D eigenvalue weighted by atomic mass is 19.4. The summed E-state index contributed by atoms with van der Waals surface area (Å²) in [4.78, 5) is 35.5. The van der Waals surface area contributed by atoms with E-state index in [-0.39, 0.29) is 35.5 Å². The molecular formula is C22H17F3N2O5-2. The number of aromatic carboxylic acids is 1. The summed E-state index contributed by atoms with van der Waals surface area (Å²) < 4.78 is 39.7. The Hall–Kier alpha value is -3.82. The maximum atomic E-state index is 13.2. The van der Waals surface area contributed by atoms with Crippen molar-refractivity contribution in [3.05, 3.63) is 65.7 Å². The van der Waals surface area contributed by atoms with Crippen LogP contribution in [0.2, 0.25) is 0 Å². The van der Waals surface area contributed by atoms with Crippen LogP contribution in [0.5, 0.6) is 0 Å². The van der Waals surface area contributed by atoms with Crippen LogP contribution in [0.15, 0.2) is 54.6 Å². The average Bonchev–Trinajstić information content (AvgIpc) is 2.74. The minimum Gasteiger partial charge on any atom is -0.550 e. The van der Waals surface area contributed by atoms with E-state index in [4.69, 9.17) is 0 Å². The van der Waals surface area contributed by atoms with Gasteiger partial charge in [0.1, 0.15) is 0 Å². The zero-order valence-corrected chi connectivity index (χ0v) is 16.4. The van der Waals surface area contributed by atoms with Crippen molar-refractivity contribution in [2.24, 2.45) is 11.8 Å². The lowest BCUT2D eigenvalue weighted by molar-refractivity contribution is -0.313. The molecule has 2 aromatic rings. The number of allylic oxidation sites excluding steroid dienone is 2. The number of aliphatic carboxylic acids is 1. The van der Waals surface area contributed by atoms with E-state index in [1.807, 2.05) is 0 Å². The second-order valence-corrected chi connectivity index (χ2v) is 7.18. The van der Waals surface area contributed by atoms with Crippen molar-refractivity contribution in [3.63, 3.8) is 0 Å². The number of carboxylic acid groups (broad SMARTS) is 2. The van der Waals surface area contributed by atoms with E-state index in [2.05, 4.69) is 10.6 Å². The number of benzene rings is 2. The van der Waals surface area contributed by atoms with Crippen LogP contribution < -0.4 is 20.8 Å². The van der Waals surface area contributed by atoms with Gasteiger partial charge in [0.15, 0.2) is 0 Å². The molecule has 0 radical (unpaired) electrons. The predicted octanol–water partition coefficient (Wildman–Crippen LogP) is 2.08. The molecule has 0 saturated heterocycles. The smallest absolute Gasteiger partial charge is 0.416 e. The Bertz CT molecular complexity index is 1080. The summed E-state index contributed by atoms with van der Waals surface area (Å²) in [6.45, 7) is 0. The zero-order valence-electron chi connectivity index (χ0n) is 16.4. The molecule has 0 fully saturated rings. The molecule has 0 saturated carbocycles. The molecule has 1 aliphatic carbocycles. The maximum absolute atomic E-state index is 13.2. The molecule has 2 aromatic carbocycles. The number of nitrogens with one attached hydrogen (secondary N) is 2. The quantitative estimate of drug-likeness (QED) is 0.656. The third-order valence-electron chi connectivity index (χ3n) is 5.09. The average molecular weight is 446 g/mol. The van der Waals surface area contributed by atoms with Crippen molar-refractivity contribution in [1.82, 2.24) is 0 Å². The molecule has 3 rings (SSSR count). The topological polar surface area (TPSA) is 121 Å². The van der Waals surface area contributed by atoms with Crippen LogP contribution in [0, 0.1) is 11.8 Å². The van der Waals surface area contributed by atoms with Crippen molar-refractivity contribution in [2.45, 2.75) is 19.0 Å².